The van der Waals surface area contributed by atoms with E-state index in [9.17, 15) is 10.1 Å². The predicted molar refractivity (Wildman–Crippen MR) is 205 cm³/mol. The lowest BCUT2D eigenvalue weighted by molar-refractivity contribution is -0.146. The predicted octanol–water partition coefficient (Wildman–Crippen LogP) is 6.65. The molecule has 1 saturated heterocycles. The van der Waals surface area contributed by atoms with E-state index in [2.05, 4.69) is 46.4 Å². The Labute approximate surface area is 317 Å². The van der Waals surface area contributed by atoms with Crippen molar-refractivity contribution in [3.63, 3.8) is 0 Å². The fourth-order valence-electron chi connectivity index (χ4n) is 7.54. The number of carbonyl (C=O) groups excluding carboxylic acids is 1. The molecule has 0 amide bonds. The van der Waals surface area contributed by atoms with Gasteiger partial charge in [-0.05, 0) is 77.4 Å². The van der Waals surface area contributed by atoms with Gasteiger partial charge in [-0.25, -0.2) is 9.97 Å². The number of ether oxygens (including phenoxy) is 3. The molecular formula is C39H54N8O5S. The second-order valence-corrected chi connectivity index (χ2v) is 15.7. The largest absolute Gasteiger partial charge is 0.500 e. The third-order valence-corrected chi connectivity index (χ3v) is 11.4. The van der Waals surface area contributed by atoms with Crippen molar-refractivity contribution in [2.45, 2.75) is 90.5 Å². The van der Waals surface area contributed by atoms with Gasteiger partial charge in [0.15, 0.2) is 0 Å². The van der Waals surface area contributed by atoms with E-state index in [0.29, 0.717) is 52.0 Å². The standard InChI is InChI=1S/C39H54N8O5S/c1-25(2)32(36(48)50-7)30(49-6)22-27(4)51-21-11-9-8-10-18-46-19-13-20-47(26(3)24-46)38-42-17-15-29(43-38)35-44-37(52-45-35)39(5)16-12-14-31-33(39)28(23-40)34(41)53-31/h15,17,22,25-26,32H,4,8-14,16,18-21,24,41H2,1-3,5-7H3/b30-22-/t26-,32?,39-/m0/s1. The Morgan fingerprint density at radius 1 is 1.21 bits per heavy atom. The van der Waals surface area contributed by atoms with Crippen molar-refractivity contribution in [1.29, 1.82) is 5.26 Å². The number of hydrogen-bond acceptors (Lipinski definition) is 14. The van der Waals surface area contributed by atoms with Gasteiger partial charge < -0.3 is 34.3 Å². The maximum absolute atomic E-state index is 12.2. The minimum atomic E-state index is -0.586. The lowest BCUT2D eigenvalue weighted by atomic mass is 9.72. The zero-order valence-corrected chi connectivity index (χ0v) is 32.8. The number of allylic oxidation sites excluding steroid dienone is 1. The summed E-state index contributed by atoms with van der Waals surface area (Å²) in [5, 5.41) is 14.7. The summed E-state index contributed by atoms with van der Waals surface area (Å²) >= 11 is 1.49. The summed E-state index contributed by atoms with van der Waals surface area (Å²) in [5.41, 5.74) is 7.69. The molecule has 3 aromatic rings. The molecule has 13 nitrogen and oxygen atoms in total. The van der Waals surface area contributed by atoms with Gasteiger partial charge >= 0.3 is 5.97 Å². The Morgan fingerprint density at radius 2 is 2.00 bits per heavy atom. The summed E-state index contributed by atoms with van der Waals surface area (Å²) in [6.45, 7) is 16.6. The lowest BCUT2D eigenvalue weighted by Gasteiger charge is -2.30. The van der Waals surface area contributed by atoms with Crippen LogP contribution < -0.4 is 10.6 Å². The van der Waals surface area contributed by atoms with Gasteiger partial charge in [-0.15, -0.1) is 11.3 Å². The van der Waals surface area contributed by atoms with Crippen LogP contribution in [0.2, 0.25) is 0 Å². The maximum Gasteiger partial charge on any atom is 0.316 e. The number of thiophene rings is 1. The molecule has 0 aromatic carbocycles. The zero-order valence-electron chi connectivity index (χ0n) is 32.0. The summed E-state index contributed by atoms with van der Waals surface area (Å²) in [6, 6.07) is 4.34. The number of rotatable bonds is 16. The van der Waals surface area contributed by atoms with Crippen molar-refractivity contribution in [2.75, 3.05) is 57.6 Å². The normalized spacial score (nSPS) is 20.0. The third-order valence-electron chi connectivity index (χ3n) is 10.3. The Balaban J connectivity index is 1.10. The summed E-state index contributed by atoms with van der Waals surface area (Å²) in [6.07, 6.45) is 11.3. The first kappa shape index (κ1) is 39.7. The molecule has 0 saturated carbocycles. The SMILES string of the molecule is C=C(/C=C(\OC)C(C(=O)OC)C(C)C)OCCCCCCN1CCCN(c2nccc(-c3noc([C@@]4(C)CCCc5sc(N)c(C#N)c54)n3)n2)[C@@H](C)C1. The van der Waals surface area contributed by atoms with Crippen LogP contribution in [0.3, 0.4) is 0 Å². The average molecular weight is 747 g/mol. The van der Waals surface area contributed by atoms with Crippen LogP contribution in [0.1, 0.15) is 94.5 Å². The number of nitriles is 1. The summed E-state index contributed by atoms with van der Waals surface area (Å²) in [7, 11) is 2.92. The second kappa shape index (κ2) is 18.0. The number of hydrogen-bond donors (Lipinski definition) is 1. The Hall–Kier alpha value is -4.48. The molecule has 2 N–H and O–H groups in total. The molecule has 3 atom stereocenters. The number of fused-ring (bicyclic) bond motifs is 1. The minimum absolute atomic E-state index is 0.0157. The average Bonchev–Trinajstić information content (AvgIpc) is 3.73. The molecule has 53 heavy (non-hydrogen) atoms. The number of methoxy groups -OCH3 is 2. The van der Waals surface area contributed by atoms with Gasteiger partial charge in [0.25, 0.3) is 0 Å². The van der Waals surface area contributed by atoms with Crippen molar-refractivity contribution in [3.8, 4) is 17.6 Å². The summed E-state index contributed by atoms with van der Waals surface area (Å²) in [5.74, 6) is 1.69. The van der Waals surface area contributed by atoms with Crippen LogP contribution in [0.25, 0.3) is 11.5 Å². The number of carbonyl (C=O) groups is 1. The van der Waals surface area contributed by atoms with Gasteiger partial charge in [0, 0.05) is 41.8 Å². The van der Waals surface area contributed by atoms with E-state index in [-0.39, 0.29) is 17.9 Å². The molecule has 1 unspecified atom stereocenters. The summed E-state index contributed by atoms with van der Waals surface area (Å²) in [4.78, 5) is 32.5. The molecule has 286 valence electrons. The van der Waals surface area contributed by atoms with Crippen LogP contribution in [0, 0.1) is 23.2 Å². The molecule has 0 bridgehead atoms. The molecule has 0 radical (unpaired) electrons. The Bertz CT molecular complexity index is 1800. The fourth-order valence-corrected chi connectivity index (χ4v) is 8.73. The van der Waals surface area contributed by atoms with E-state index >= 15 is 0 Å². The van der Waals surface area contributed by atoms with Crippen LogP contribution >= 0.6 is 11.3 Å². The van der Waals surface area contributed by atoms with Crippen LogP contribution in [-0.4, -0.2) is 84.0 Å². The molecule has 3 aromatic heterocycles. The lowest BCUT2D eigenvalue weighted by Crippen LogP contribution is -2.40. The Kier molecular flexibility index (Phi) is 13.5. The first-order valence-electron chi connectivity index (χ1n) is 18.6. The van der Waals surface area contributed by atoms with Gasteiger partial charge in [0.2, 0.25) is 17.7 Å². The number of esters is 1. The molecule has 14 heteroatoms. The topological polar surface area (TPSA) is 166 Å². The van der Waals surface area contributed by atoms with Gasteiger partial charge in [0.05, 0.1) is 31.8 Å². The van der Waals surface area contributed by atoms with Crippen LogP contribution in [0.15, 0.2) is 41.0 Å². The molecular weight excluding hydrogens is 693 g/mol. The zero-order chi connectivity index (χ0) is 38.1. The second-order valence-electron chi connectivity index (χ2n) is 14.5. The minimum Gasteiger partial charge on any atom is -0.500 e. The first-order chi connectivity index (χ1) is 25.5. The smallest absolute Gasteiger partial charge is 0.316 e. The fraction of sp³-hybridized carbons (Fsp3) is 0.590. The molecule has 1 aliphatic heterocycles. The number of nitrogens with zero attached hydrogens (tertiary/aromatic N) is 7. The summed E-state index contributed by atoms with van der Waals surface area (Å²) < 4.78 is 22.1. The molecule has 1 fully saturated rings. The first-order valence-corrected chi connectivity index (χ1v) is 19.5. The third kappa shape index (κ3) is 9.19. The van der Waals surface area contributed by atoms with E-state index in [4.69, 9.17) is 34.4 Å². The number of unbranched alkanes of at least 4 members (excludes halogenated alkanes) is 3. The number of anilines is 2. The molecule has 5 rings (SSSR count). The van der Waals surface area contributed by atoms with Crippen LogP contribution in [-0.2, 0) is 30.8 Å². The number of nitrogens with two attached hydrogens (primary N) is 1. The van der Waals surface area contributed by atoms with Gasteiger partial charge in [-0.2, -0.15) is 10.2 Å². The van der Waals surface area contributed by atoms with Gasteiger partial charge in [-0.3, -0.25) is 4.79 Å². The quantitative estimate of drug-likeness (QED) is 0.0717. The molecule has 1 aliphatic carbocycles. The van der Waals surface area contributed by atoms with Crippen molar-refractivity contribution in [3.05, 3.63) is 58.3 Å². The van der Waals surface area contributed by atoms with Crippen molar-refractivity contribution >= 4 is 28.3 Å². The highest BCUT2D eigenvalue weighted by Gasteiger charge is 2.43. The Morgan fingerprint density at radius 3 is 2.74 bits per heavy atom. The highest BCUT2D eigenvalue weighted by atomic mass is 32.1. The van der Waals surface area contributed by atoms with E-state index in [1.807, 2.05) is 19.9 Å². The highest BCUT2D eigenvalue weighted by molar-refractivity contribution is 7.16. The number of aryl methyl sites for hydroxylation is 1. The van der Waals surface area contributed by atoms with Crippen molar-refractivity contribution < 1.29 is 23.5 Å². The molecule has 4 heterocycles. The number of aromatic nitrogens is 4. The van der Waals surface area contributed by atoms with Gasteiger partial charge in [-0.1, -0.05) is 38.4 Å². The van der Waals surface area contributed by atoms with E-state index in [1.54, 1.807) is 19.4 Å². The molecule has 0 spiro atoms. The van der Waals surface area contributed by atoms with Crippen molar-refractivity contribution in [2.24, 2.45) is 11.8 Å². The highest BCUT2D eigenvalue weighted by Crippen LogP contribution is 2.48. The van der Waals surface area contributed by atoms with Crippen molar-refractivity contribution in [1.82, 2.24) is 25.0 Å². The maximum atomic E-state index is 12.2. The molecule has 2 aliphatic rings. The number of nitrogen functional groups attached to an aromatic ring is 1. The van der Waals surface area contributed by atoms with E-state index in [0.717, 1.165) is 88.0 Å². The monoisotopic (exact) mass is 746 g/mol. The van der Waals surface area contributed by atoms with Gasteiger partial charge in [0.1, 0.15) is 34.2 Å². The van der Waals surface area contributed by atoms with Crippen LogP contribution in [0.4, 0.5) is 10.9 Å². The van der Waals surface area contributed by atoms with E-state index < -0.39 is 11.3 Å². The van der Waals surface area contributed by atoms with E-state index in [1.165, 1.54) is 18.4 Å². The van der Waals surface area contributed by atoms with Crippen LogP contribution in [0.5, 0.6) is 0 Å².